The Labute approximate surface area is 306 Å². The molecule has 7 aromatic carbocycles. The third-order valence-electron chi connectivity index (χ3n) is 10.3. The number of fused-ring (bicyclic) bond motifs is 5. The molecule has 3 nitrogen and oxygen atoms in total. The lowest BCUT2D eigenvalue weighted by atomic mass is 9.88. The zero-order valence-electron chi connectivity index (χ0n) is 28.6. The predicted molar refractivity (Wildman–Crippen MR) is 219 cm³/mol. The Bertz CT molecular complexity index is 2830. The van der Waals surface area contributed by atoms with Crippen molar-refractivity contribution in [1.82, 2.24) is 15.0 Å². The molecule has 2 aromatic heterocycles. The number of hydrogen-bond acceptors (Lipinski definition) is 4. The van der Waals surface area contributed by atoms with Crippen LogP contribution in [0.25, 0.3) is 93.4 Å². The summed E-state index contributed by atoms with van der Waals surface area (Å²) in [5.74, 6) is 2.56. The summed E-state index contributed by atoms with van der Waals surface area (Å²) >= 11 is 1.79. The molecule has 1 unspecified atom stereocenters. The quantitative estimate of drug-likeness (QED) is 0.181. The van der Waals surface area contributed by atoms with E-state index in [2.05, 4.69) is 171 Å². The maximum absolute atomic E-state index is 5.35. The fraction of sp³-hybridized carbons (Fsp3) is 0.0625. The molecule has 0 N–H and O–H groups in total. The zero-order chi connectivity index (χ0) is 34.6. The van der Waals surface area contributed by atoms with Crippen LogP contribution in [0, 0.1) is 5.92 Å². The fourth-order valence-corrected chi connectivity index (χ4v) is 8.85. The van der Waals surface area contributed by atoms with Gasteiger partial charge < -0.3 is 0 Å². The molecule has 2 heterocycles. The molecule has 1 aliphatic carbocycles. The standard InChI is InChI=1S/C48H33N3S/c1-30-18-19-37-29-36(25-24-35(37)28-30)31-20-22-34(23-21-31)46-49-47(42-16-9-15-41-40-14-7-8-17-43(40)52-45(41)42)51-48(50-46)44-38-13-6-5-12-33(38)26-27-39(44)32-10-3-2-4-11-32/h2-27,29-30H,28H2,1H3. The molecule has 0 bridgehead atoms. The molecular weight excluding hydrogens is 651 g/mol. The van der Waals surface area contributed by atoms with Crippen LogP contribution in [0.3, 0.4) is 0 Å². The number of hydrogen-bond donors (Lipinski definition) is 0. The second-order valence-corrected chi connectivity index (χ2v) is 14.7. The van der Waals surface area contributed by atoms with Crippen molar-refractivity contribution in [2.45, 2.75) is 13.3 Å². The maximum atomic E-state index is 5.35. The van der Waals surface area contributed by atoms with Crippen LogP contribution in [0.5, 0.6) is 0 Å². The van der Waals surface area contributed by atoms with Gasteiger partial charge in [0.15, 0.2) is 17.5 Å². The van der Waals surface area contributed by atoms with Gasteiger partial charge in [0.1, 0.15) is 0 Å². The summed E-state index contributed by atoms with van der Waals surface area (Å²) in [6.45, 7) is 2.27. The third kappa shape index (κ3) is 5.31. The van der Waals surface area contributed by atoms with Gasteiger partial charge in [-0.05, 0) is 74.7 Å². The molecule has 0 saturated heterocycles. The van der Waals surface area contributed by atoms with Crippen LogP contribution in [-0.4, -0.2) is 15.0 Å². The lowest BCUT2D eigenvalue weighted by molar-refractivity contribution is 0.717. The third-order valence-corrected chi connectivity index (χ3v) is 11.5. The Kier molecular flexibility index (Phi) is 7.36. The Balaban J connectivity index is 1.18. The van der Waals surface area contributed by atoms with Gasteiger partial charge in [-0.2, -0.15) is 0 Å². The van der Waals surface area contributed by atoms with Crippen molar-refractivity contribution in [1.29, 1.82) is 0 Å². The van der Waals surface area contributed by atoms with E-state index in [-0.39, 0.29) is 0 Å². The van der Waals surface area contributed by atoms with E-state index in [4.69, 9.17) is 15.0 Å². The summed E-state index contributed by atoms with van der Waals surface area (Å²) in [5, 5.41) is 4.72. The first kappa shape index (κ1) is 30.6. The highest BCUT2D eigenvalue weighted by Gasteiger charge is 2.20. The van der Waals surface area contributed by atoms with Gasteiger partial charge >= 0.3 is 0 Å². The van der Waals surface area contributed by atoms with Crippen LogP contribution >= 0.6 is 11.3 Å². The summed E-state index contributed by atoms with van der Waals surface area (Å²) in [7, 11) is 0. The summed E-state index contributed by atoms with van der Waals surface area (Å²) in [6.07, 6.45) is 5.67. The topological polar surface area (TPSA) is 38.7 Å². The lowest BCUT2D eigenvalue weighted by Gasteiger charge is -2.17. The summed E-state index contributed by atoms with van der Waals surface area (Å²) in [5.41, 5.74) is 10.3. The van der Waals surface area contributed by atoms with Gasteiger partial charge in [0, 0.05) is 36.9 Å². The van der Waals surface area contributed by atoms with E-state index in [0.29, 0.717) is 23.4 Å². The molecule has 1 aliphatic rings. The number of rotatable bonds is 5. The Morgan fingerprint density at radius 1 is 0.519 bits per heavy atom. The number of thiophene rings is 1. The van der Waals surface area contributed by atoms with E-state index < -0.39 is 0 Å². The van der Waals surface area contributed by atoms with E-state index in [0.717, 1.165) is 45.0 Å². The number of nitrogens with zero attached hydrogens (tertiary/aromatic N) is 3. The van der Waals surface area contributed by atoms with Crippen LogP contribution in [0.1, 0.15) is 18.1 Å². The molecule has 0 saturated carbocycles. The van der Waals surface area contributed by atoms with Crippen molar-refractivity contribution < 1.29 is 0 Å². The van der Waals surface area contributed by atoms with E-state index in [1.54, 1.807) is 11.3 Å². The van der Waals surface area contributed by atoms with Crippen LogP contribution in [-0.2, 0) is 6.42 Å². The molecule has 246 valence electrons. The van der Waals surface area contributed by atoms with Crippen molar-refractivity contribution in [3.63, 3.8) is 0 Å². The monoisotopic (exact) mass is 683 g/mol. The Hall–Kier alpha value is -6.23. The van der Waals surface area contributed by atoms with Crippen LogP contribution in [0.4, 0.5) is 0 Å². The number of aromatic nitrogens is 3. The minimum absolute atomic E-state index is 0.580. The van der Waals surface area contributed by atoms with Gasteiger partial charge in [-0.1, -0.05) is 153 Å². The van der Waals surface area contributed by atoms with Crippen molar-refractivity contribution in [3.8, 4) is 56.4 Å². The maximum Gasteiger partial charge on any atom is 0.165 e. The summed E-state index contributed by atoms with van der Waals surface area (Å²) in [6, 6.07) is 54.0. The largest absolute Gasteiger partial charge is 0.208 e. The van der Waals surface area contributed by atoms with Crippen molar-refractivity contribution >= 4 is 48.4 Å². The van der Waals surface area contributed by atoms with Gasteiger partial charge in [-0.25, -0.2) is 15.0 Å². The molecule has 10 rings (SSSR count). The fourth-order valence-electron chi connectivity index (χ4n) is 7.64. The molecule has 4 heteroatoms. The number of benzene rings is 7. The van der Waals surface area contributed by atoms with Gasteiger partial charge in [0.05, 0.1) is 0 Å². The summed E-state index contributed by atoms with van der Waals surface area (Å²) < 4.78 is 2.43. The average molecular weight is 684 g/mol. The Morgan fingerprint density at radius 3 is 2.12 bits per heavy atom. The molecule has 0 spiro atoms. The minimum Gasteiger partial charge on any atom is -0.208 e. The molecule has 0 aliphatic heterocycles. The van der Waals surface area contributed by atoms with E-state index in [1.165, 1.54) is 42.4 Å². The number of allylic oxidation sites excluding steroid dienone is 1. The smallest absolute Gasteiger partial charge is 0.165 e. The molecule has 1 atom stereocenters. The van der Waals surface area contributed by atoms with E-state index in [1.807, 2.05) is 0 Å². The van der Waals surface area contributed by atoms with Gasteiger partial charge in [0.2, 0.25) is 0 Å². The SMILES string of the molecule is CC1C=Cc2cc(-c3ccc(-c4nc(-c5c(-c6ccccc6)ccc6ccccc56)nc(-c5cccc6c5sc5ccccc56)n4)cc3)ccc2C1. The van der Waals surface area contributed by atoms with Crippen LogP contribution in [0.2, 0.25) is 0 Å². The average Bonchev–Trinajstić information content (AvgIpc) is 3.59. The first-order valence-electron chi connectivity index (χ1n) is 17.8. The van der Waals surface area contributed by atoms with Crippen molar-refractivity contribution in [2.24, 2.45) is 5.92 Å². The molecule has 0 fully saturated rings. The second kappa shape index (κ2) is 12.5. The minimum atomic E-state index is 0.580. The molecular formula is C48H33N3S. The molecule has 52 heavy (non-hydrogen) atoms. The first-order chi connectivity index (χ1) is 25.7. The van der Waals surface area contributed by atoms with Gasteiger partial charge in [0.25, 0.3) is 0 Å². The highest BCUT2D eigenvalue weighted by atomic mass is 32.1. The predicted octanol–water partition coefficient (Wildman–Crippen LogP) is 12.9. The van der Waals surface area contributed by atoms with E-state index in [9.17, 15) is 0 Å². The molecule has 0 radical (unpaired) electrons. The molecule has 9 aromatic rings. The van der Waals surface area contributed by atoms with Crippen molar-refractivity contribution in [2.75, 3.05) is 0 Å². The summed E-state index contributed by atoms with van der Waals surface area (Å²) in [4.78, 5) is 15.9. The molecule has 0 amide bonds. The van der Waals surface area contributed by atoms with Gasteiger partial charge in [-0.15, -0.1) is 11.3 Å². The first-order valence-corrected chi connectivity index (χ1v) is 18.6. The normalized spacial score (nSPS) is 13.9. The zero-order valence-corrected chi connectivity index (χ0v) is 29.4. The second-order valence-electron chi connectivity index (χ2n) is 13.7. The van der Waals surface area contributed by atoms with Gasteiger partial charge in [-0.3, -0.25) is 0 Å². The Morgan fingerprint density at radius 2 is 1.23 bits per heavy atom. The van der Waals surface area contributed by atoms with Crippen molar-refractivity contribution in [3.05, 3.63) is 169 Å². The van der Waals surface area contributed by atoms with Crippen LogP contribution < -0.4 is 0 Å². The highest BCUT2D eigenvalue weighted by Crippen LogP contribution is 2.42. The van der Waals surface area contributed by atoms with Crippen LogP contribution in [0.15, 0.2) is 158 Å². The lowest BCUT2D eigenvalue weighted by Crippen LogP contribution is -2.03. The highest BCUT2D eigenvalue weighted by molar-refractivity contribution is 7.26. The van der Waals surface area contributed by atoms with E-state index >= 15 is 0 Å².